The minimum absolute atomic E-state index is 0.0384. The number of benzene rings is 2. The average molecular weight is 280 g/mol. The van der Waals surface area contributed by atoms with Crippen LogP contribution in [-0.4, -0.2) is 12.8 Å². The van der Waals surface area contributed by atoms with Crippen molar-refractivity contribution < 1.29 is 17.9 Å². The minimum Gasteiger partial charge on any atom is -0.357 e. The van der Waals surface area contributed by atoms with Gasteiger partial charge in [-0.05, 0) is 18.1 Å². The second-order valence-electron chi connectivity index (χ2n) is 4.34. The van der Waals surface area contributed by atoms with Crippen molar-refractivity contribution in [1.82, 2.24) is 0 Å². The summed E-state index contributed by atoms with van der Waals surface area (Å²) >= 11 is 0. The molecule has 2 aromatic carbocycles. The van der Waals surface area contributed by atoms with E-state index in [1.165, 1.54) is 24.3 Å². The monoisotopic (exact) mass is 280 g/mol. The van der Waals surface area contributed by atoms with Crippen molar-refractivity contribution in [3.63, 3.8) is 0 Å². The SMILES string of the molecule is CCOC(c1ccccc1)(c1ccccc1)C(F)(F)F. The predicted octanol–water partition coefficient (Wildman–Crippen LogP) is 4.53. The van der Waals surface area contributed by atoms with E-state index >= 15 is 0 Å². The topological polar surface area (TPSA) is 9.23 Å². The Labute approximate surface area is 116 Å². The van der Waals surface area contributed by atoms with Crippen LogP contribution in [0.4, 0.5) is 13.2 Å². The maximum atomic E-state index is 13.8. The van der Waals surface area contributed by atoms with Gasteiger partial charge in [-0.15, -0.1) is 0 Å². The fraction of sp³-hybridized carbons (Fsp3) is 0.250. The van der Waals surface area contributed by atoms with Crippen LogP contribution in [0.2, 0.25) is 0 Å². The van der Waals surface area contributed by atoms with Gasteiger partial charge in [0.25, 0.3) is 0 Å². The lowest BCUT2D eigenvalue weighted by Crippen LogP contribution is -2.46. The third-order valence-corrected chi connectivity index (χ3v) is 3.12. The molecule has 2 aromatic rings. The minimum atomic E-state index is -4.55. The zero-order valence-electron chi connectivity index (χ0n) is 11.0. The molecule has 2 rings (SSSR count). The zero-order chi connectivity index (χ0) is 14.6. The highest BCUT2D eigenvalue weighted by atomic mass is 19.4. The summed E-state index contributed by atoms with van der Waals surface area (Å²) in [6.45, 7) is 1.52. The summed E-state index contributed by atoms with van der Waals surface area (Å²) in [5, 5.41) is 0. The van der Waals surface area contributed by atoms with Crippen LogP contribution in [0.3, 0.4) is 0 Å². The molecule has 0 aliphatic heterocycles. The van der Waals surface area contributed by atoms with Crippen LogP contribution in [0, 0.1) is 0 Å². The van der Waals surface area contributed by atoms with Gasteiger partial charge in [0, 0.05) is 6.61 Å². The van der Waals surface area contributed by atoms with Crippen molar-refractivity contribution in [2.24, 2.45) is 0 Å². The summed E-state index contributed by atoms with van der Waals surface area (Å²) in [4.78, 5) is 0. The molecule has 0 saturated heterocycles. The lowest BCUT2D eigenvalue weighted by atomic mass is 9.85. The summed E-state index contributed by atoms with van der Waals surface area (Å²) in [6.07, 6.45) is -4.55. The van der Waals surface area contributed by atoms with Crippen molar-refractivity contribution in [1.29, 1.82) is 0 Å². The largest absolute Gasteiger partial charge is 0.426 e. The maximum Gasteiger partial charge on any atom is 0.426 e. The van der Waals surface area contributed by atoms with E-state index in [0.717, 1.165) is 0 Å². The van der Waals surface area contributed by atoms with Crippen molar-refractivity contribution in [3.8, 4) is 0 Å². The first kappa shape index (κ1) is 14.6. The molecule has 0 N–H and O–H groups in total. The smallest absolute Gasteiger partial charge is 0.357 e. The fourth-order valence-corrected chi connectivity index (χ4v) is 2.30. The van der Waals surface area contributed by atoms with E-state index < -0.39 is 11.8 Å². The molecule has 1 nitrogen and oxygen atoms in total. The standard InChI is InChI=1S/C16H15F3O/c1-2-20-15(16(17,18)19,13-9-5-3-6-10-13)14-11-7-4-8-12-14/h3-12H,2H2,1H3. The van der Waals surface area contributed by atoms with Crippen LogP contribution in [0.25, 0.3) is 0 Å². The van der Waals surface area contributed by atoms with E-state index in [1.54, 1.807) is 43.3 Å². The Kier molecular flexibility index (Phi) is 4.14. The van der Waals surface area contributed by atoms with Gasteiger partial charge < -0.3 is 4.74 Å². The third-order valence-electron chi connectivity index (χ3n) is 3.12. The molecular formula is C16H15F3O. The van der Waals surface area contributed by atoms with E-state index in [9.17, 15) is 13.2 Å². The highest BCUT2D eigenvalue weighted by Gasteiger charge is 2.58. The summed E-state index contributed by atoms with van der Waals surface area (Å²) in [6, 6.07) is 15.5. The highest BCUT2D eigenvalue weighted by molar-refractivity contribution is 5.38. The average Bonchev–Trinajstić information content (AvgIpc) is 2.45. The Bertz CT molecular complexity index is 495. The Morgan fingerprint density at radius 2 is 1.20 bits per heavy atom. The first-order chi connectivity index (χ1) is 9.52. The molecule has 106 valence electrons. The second kappa shape index (κ2) is 5.67. The van der Waals surface area contributed by atoms with Gasteiger partial charge in [-0.25, -0.2) is 0 Å². The van der Waals surface area contributed by atoms with Crippen LogP contribution in [0.1, 0.15) is 18.1 Å². The number of rotatable bonds is 4. The maximum absolute atomic E-state index is 13.8. The van der Waals surface area contributed by atoms with Crippen molar-refractivity contribution in [2.75, 3.05) is 6.61 Å². The normalized spacial score (nSPS) is 12.4. The third kappa shape index (κ3) is 2.43. The van der Waals surface area contributed by atoms with Crippen LogP contribution in [0.15, 0.2) is 60.7 Å². The van der Waals surface area contributed by atoms with E-state index in [1.807, 2.05) is 0 Å². The van der Waals surface area contributed by atoms with Gasteiger partial charge in [0.05, 0.1) is 0 Å². The Morgan fingerprint density at radius 1 is 0.800 bits per heavy atom. The van der Waals surface area contributed by atoms with Crippen LogP contribution < -0.4 is 0 Å². The molecule has 0 aliphatic rings. The second-order valence-corrected chi connectivity index (χ2v) is 4.34. The number of ether oxygens (including phenoxy) is 1. The molecular weight excluding hydrogens is 265 g/mol. The van der Waals surface area contributed by atoms with Gasteiger partial charge in [0.1, 0.15) is 0 Å². The lowest BCUT2D eigenvalue weighted by molar-refractivity contribution is -0.265. The number of halogens is 3. The van der Waals surface area contributed by atoms with Gasteiger partial charge in [0.15, 0.2) is 0 Å². The first-order valence-corrected chi connectivity index (χ1v) is 6.34. The molecule has 0 bridgehead atoms. The van der Waals surface area contributed by atoms with Gasteiger partial charge in [-0.1, -0.05) is 60.7 Å². The van der Waals surface area contributed by atoms with E-state index in [-0.39, 0.29) is 17.7 Å². The van der Waals surface area contributed by atoms with E-state index in [4.69, 9.17) is 4.74 Å². The predicted molar refractivity (Wildman–Crippen MR) is 71.3 cm³/mol. The number of hydrogen-bond donors (Lipinski definition) is 0. The molecule has 4 heteroatoms. The fourth-order valence-electron chi connectivity index (χ4n) is 2.30. The number of alkyl halides is 3. The molecule has 0 fully saturated rings. The van der Waals surface area contributed by atoms with Crippen molar-refractivity contribution in [3.05, 3.63) is 71.8 Å². The van der Waals surface area contributed by atoms with Gasteiger partial charge >= 0.3 is 6.18 Å². The van der Waals surface area contributed by atoms with Crippen LogP contribution in [0.5, 0.6) is 0 Å². The van der Waals surface area contributed by atoms with Gasteiger partial charge in [0.2, 0.25) is 5.60 Å². The van der Waals surface area contributed by atoms with Gasteiger partial charge in [-0.3, -0.25) is 0 Å². The lowest BCUT2D eigenvalue weighted by Gasteiger charge is -2.36. The molecule has 0 heterocycles. The molecule has 0 saturated carbocycles. The zero-order valence-corrected chi connectivity index (χ0v) is 11.0. The highest BCUT2D eigenvalue weighted by Crippen LogP contribution is 2.47. The van der Waals surface area contributed by atoms with E-state index in [2.05, 4.69) is 0 Å². The molecule has 0 aromatic heterocycles. The summed E-state index contributed by atoms with van der Waals surface area (Å²) in [5.74, 6) is 0. The molecule has 0 radical (unpaired) electrons. The summed E-state index contributed by atoms with van der Waals surface area (Å²) in [5.41, 5.74) is -2.26. The first-order valence-electron chi connectivity index (χ1n) is 6.34. The molecule has 20 heavy (non-hydrogen) atoms. The van der Waals surface area contributed by atoms with E-state index in [0.29, 0.717) is 0 Å². The quantitative estimate of drug-likeness (QED) is 0.799. The van der Waals surface area contributed by atoms with Crippen LogP contribution in [-0.2, 0) is 10.3 Å². The molecule has 0 unspecified atom stereocenters. The van der Waals surface area contributed by atoms with Crippen molar-refractivity contribution in [2.45, 2.75) is 18.7 Å². The summed E-state index contributed by atoms with van der Waals surface area (Å²) in [7, 11) is 0. The van der Waals surface area contributed by atoms with Crippen molar-refractivity contribution >= 4 is 0 Å². The molecule has 0 spiro atoms. The Hall–Kier alpha value is -1.81. The molecule has 0 atom stereocenters. The Morgan fingerprint density at radius 3 is 1.50 bits per heavy atom. The van der Waals surface area contributed by atoms with Gasteiger partial charge in [-0.2, -0.15) is 13.2 Å². The number of hydrogen-bond acceptors (Lipinski definition) is 1. The summed E-state index contributed by atoms with van der Waals surface area (Å²) < 4.78 is 46.7. The Balaban J connectivity index is 2.70. The molecule has 0 aliphatic carbocycles. The van der Waals surface area contributed by atoms with Crippen LogP contribution >= 0.6 is 0 Å². The molecule has 0 amide bonds.